The number of nitrogens with one attached hydrogen (secondary N) is 1. The molecule has 8 heteroatoms. The number of nitrogens with zero attached hydrogens (tertiary/aromatic N) is 2. The van der Waals surface area contributed by atoms with E-state index in [-0.39, 0.29) is 35.7 Å². The number of aromatic nitrogens is 2. The average Bonchev–Trinajstić information content (AvgIpc) is 3.56. The van der Waals surface area contributed by atoms with Crippen molar-refractivity contribution in [3.63, 3.8) is 0 Å². The summed E-state index contributed by atoms with van der Waals surface area (Å²) in [4.78, 5) is 21.8. The summed E-state index contributed by atoms with van der Waals surface area (Å²) in [6.45, 7) is 11.0. The molecule has 1 amide bonds. The third kappa shape index (κ3) is 3.97. The van der Waals surface area contributed by atoms with E-state index in [4.69, 9.17) is 14.2 Å². The Morgan fingerprint density at radius 3 is 2.69 bits per heavy atom. The number of allylic oxidation sites excluding steroid dienone is 1. The molecule has 32 heavy (non-hydrogen) atoms. The van der Waals surface area contributed by atoms with Gasteiger partial charge in [0.25, 0.3) is 0 Å². The summed E-state index contributed by atoms with van der Waals surface area (Å²) in [5, 5.41) is 10.4. The fraction of sp³-hybridized carbons (Fsp3) is 0.750. The van der Waals surface area contributed by atoms with Crippen molar-refractivity contribution in [2.24, 2.45) is 11.8 Å². The monoisotopic (exact) mass is 447 g/mol. The van der Waals surface area contributed by atoms with E-state index in [9.17, 15) is 9.90 Å². The van der Waals surface area contributed by atoms with Crippen LogP contribution in [0.3, 0.4) is 0 Å². The Balaban J connectivity index is 1.67. The number of carbonyl (C=O) groups is 1. The third-order valence-corrected chi connectivity index (χ3v) is 7.57. The molecule has 2 aliphatic heterocycles. The van der Waals surface area contributed by atoms with Crippen LogP contribution >= 0.6 is 0 Å². The third-order valence-electron chi connectivity index (χ3n) is 7.57. The fourth-order valence-corrected chi connectivity index (χ4v) is 5.94. The van der Waals surface area contributed by atoms with Crippen LogP contribution in [0.5, 0.6) is 0 Å². The van der Waals surface area contributed by atoms with Gasteiger partial charge in [-0.05, 0) is 46.0 Å². The van der Waals surface area contributed by atoms with Crippen LogP contribution in [0.25, 0.3) is 0 Å². The highest BCUT2D eigenvalue weighted by molar-refractivity contribution is 5.66. The molecule has 1 aromatic rings. The Morgan fingerprint density at radius 1 is 1.47 bits per heavy atom. The van der Waals surface area contributed by atoms with Crippen molar-refractivity contribution in [1.82, 2.24) is 14.9 Å². The van der Waals surface area contributed by atoms with Crippen LogP contribution in [-0.2, 0) is 14.2 Å². The van der Waals surface area contributed by atoms with Crippen LogP contribution in [-0.4, -0.2) is 69.2 Å². The zero-order valence-electron chi connectivity index (χ0n) is 20.0. The summed E-state index contributed by atoms with van der Waals surface area (Å²) < 4.78 is 18.4. The summed E-state index contributed by atoms with van der Waals surface area (Å²) in [7, 11) is 1.68. The smallest absolute Gasteiger partial charge is 0.408 e. The number of aromatic amines is 1. The first-order valence-electron chi connectivity index (χ1n) is 11.6. The minimum absolute atomic E-state index is 0.0411. The lowest BCUT2D eigenvalue weighted by molar-refractivity contribution is -0.102. The molecule has 3 fully saturated rings. The van der Waals surface area contributed by atoms with E-state index in [1.807, 2.05) is 13.8 Å². The molecule has 1 saturated carbocycles. The number of carboxylic acid groups (broad SMARTS) is 1. The molecule has 1 unspecified atom stereocenters. The maximum absolute atomic E-state index is 12.7. The van der Waals surface area contributed by atoms with E-state index in [1.54, 1.807) is 24.4 Å². The Hall–Kier alpha value is -1.90. The van der Waals surface area contributed by atoms with Gasteiger partial charge in [-0.25, -0.2) is 9.78 Å². The summed E-state index contributed by atoms with van der Waals surface area (Å²) in [5.74, 6) is 0.659. The molecule has 4 rings (SSSR count). The first kappa shape index (κ1) is 23.3. The lowest BCUT2D eigenvalue weighted by atomic mass is 9.67. The second-order valence-corrected chi connectivity index (χ2v) is 10.3. The van der Waals surface area contributed by atoms with Gasteiger partial charge in [0.2, 0.25) is 0 Å². The van der Waals surface area contributed by atoms with Gasteiger partial charge in [0, 0.05) is 25.4 Å². The molecular weight excluding hydrogens is 410 g/mol. The quantitative estimate of drug-likeness (QED) is 0.458. The van der Waals surface area contributed by atoms with Crippen LogP contribution in [0, 0.1) is 11.8 Å². The number of rotatable bonds is 8. The van der Waals surface area contributed by atoms with E-state index in [0.717, 1.165) is 12.8 Å². The van der Waals surface area contributed by atoms with Crippen LogP contribution in [0.4, 0.5) is 4.79 Å². The van der Waals surface area contributed by atoms with Gasteiger partial charge < -0.3 is 24.3 Å². The zero-order chi connectivity index (χ0) is 23.3. The maximum Gasteiger partial charge on any atom is 0.408 e. The molecule has 2 saturated heterocycles. The Bertz CT molecular complexity index is 846. The Labute approximate surface area is 190 Å². The molecule has 8 nitrogen and oxygen atoms in total. The van der Waals surface area contributed by atoms with Gasteiger partial charge in [-0.2, -0.15) is 0 Å². The highest BCUT2D eigenvalue weighted by Gasteiger charge is 2.72. The van der Waals surface area contributed by atoms with E-state index in [1.165, 1.54) is 5.57 Å². The molecular formula is C24H37N3O5. The van der Waals surface area contributed by atoms with Crippen molar-refractivity contribution < 1.29 is 24.1 Å². The number of ether oxygens (including phenoxy) is 3. The van der Waals surface area contributed by atoms with Crippen LogP contribution in [0.15, 0.2) is 24.0 Å². The minimum Gasteiger partial charge on any atom is -0.465 e. The van der Waals surface area contributed by atoms with Crippen LogP contribution in [0.1, 0.15) is 65.7 Å². The van der Waals surface area contributed by atoms with Crippen molar-refractivity contribution in [3.8, 4) is 0 Å². The molecule has 0 bridgehead atoms. The number of H-pyrrole nitrogens is 1. The first-order chi connectivity index (χ1) is 15.1. The van der Waals surface area contributed by atoms with Gasteiger partial charge in [-0.1, -0.05) is 25.5 Å². The highest BCUT2D eigenvalue weighted by Crippen LogP contribution is 2.60. The minimum atomic E-state index is -0.957. The SMILES string of the molecule is CO[C@@H]1[C@H](N(C(=O)O)C(c2ncc[nH]2)C(C)C)CC[C@]2(CO2)[C@H]1[C@@]1(C)O[C@@H]1CC=C(C)C. The second kappa shape index (κ2) is 8.47. The van der Waals surface area contributed by atoms with Crippen molar-refractivity contribution >= 4 is 6.09 Å². The topological polar surface area (TPSA) is 104 Å². The number of hydrogen-bond acceptors (Lipinski definition) is 5. The summed E-state index contributed by atoms with van der Waals surface area (Å²) >= 11 is 0. The maximum atomic E-state index is 12.7. The number of hydrogen-bond donors (Lipinski definition) is 2. The van der Waals surface area contributed by atoms with E-state index in [2.05, 4.69) is 36.8 Å². The first-order valence-corrected chi connectivity index (χ1v) is 11.6. The number of amides is 1. The van der Waals surface area contributed by atoms with E-state index < -0.39 is 17.7 Å². The zero-order valence-corrected chi connectivity index (χ0v) is 20.0. The Morgan fingerprint density at radius 2 is 2.19 bits per heavy atom. The molecule has 0 radical (unpaired) electrons. The molecule has 7 atom stereocenters. The van der Waals surface area contributed by atoms with Crippen molar-refractivity contribution in [3.05, 3.63) is 29.9 Å². The molecule has 2 N–H and O–H groups in total. The standard InChI is InChI=1S/C24H37N3O5/c1-14(2)7-8-17-23(5,32-17)20-19(30-6)16(9-10-24(20)13-31-24)27(22(28)29)18(15(3)4)21-25-11-12-26-21/h7,11-12,15-20H,8-10,13H2,1-6H3,(H,25,26)(H,28,29)/t16-,17-,18?,19-,20-,23+,24+/m1/s1. The normalized spacial score (nSPS) is 36.7. The second-order valence-electron chi connectivity index (χ2n) is 10.3. The van der Waals surface area contributed by atoms with Gasteiger partial charge in [0.15, 0.2) is 0 Å². The molecule has 3 aliphatic rings. The highest BCUT2D eigenvalue weighted by atomic mass is 16.6. The lowest BCUT2D eigenvalue weighted by Gasteiger charge is -2.48. The molecule has 178 valence electrons. The van der Waals surface area contributed by atoms with Gasteiger partial charge >= 0.3 is 6.09 Å². The van der Waals surface area contributed by atoms with Crippen molar-refractivity contribution in [2.45, 2.75) is 89.4 Å². The van der Waals surface area contributed by atoms with Gasteiger partial charge in [-0.15, -0.1) is 0 Å². The van der Waals surface area contributed by atoms with Gasteiger partial charge in [0.1, 0.15) is 11.4 Å². The molecule has 1 spiro atoms. The number of methoxy groups -OCH3 is 1. The predicted octanol–water partition coefficient (Wildman–Crippen LogP) is 4.16. The summed E-state index contributed by atoms with van der Waals surface area (Å²) in [6.07, 6.45) is 6.73. The molecule has 3 heterocycles. The Kier molecular flexibility index (Phi) is 6.15. The molecule has 0 aromatic carbocycles. The number of epoxide rings is 2. The predicted molar refractivity (Wildman–Crippen MR) is 119 cm³/mol. The molecule has 1 aliphatic carbocycles. The van der Waals surface area contributed by atoms with Crippen LogP contribution in [0.2, 0.25) is 0 Å². The summed E-state index contributed by atoms with van der Waals surface area (Å²) in [6, 6.07) is -0.714. The van der Waals surface area contributed by atoms with Gasteiger partial charge in [0.05, 0.1) is 36.5 Å². The van der Waals surface area contributed by atoms with Crippen LogP contribution < -0.4 is 0 Å². The van der Waals surface area contributed by atoms with E-state index in [0.29, 0.717) is 18.9 Å². The average molecular weight is 448 g/mol. The van der Waals surface area contributed by atoms with Gasteiger partial charge in [-0.3, -0.25) is 4.90 Å². The molecule has 1 aromatic heterocycles. The fourth-order valence-electron chi connectivity index (χ4n) is 5.94. The summed E-state index contributed by atoms with van der Waals surface area (Å²) in [5.41, 5.74) is 0.581. The van der Waals surface area contributed by atoms with E-state index >= 15 is 0 Å². The van der Waals surface area contributed by atoms with Crippen molar-refractivity contribution in [1.29, 1.82) is 0 Å². The lowest BCUT2D eigenvalue weighted by Crippen LogP contribution is -2.61. The largest absolute Gasteiger partial charge is 0.465 e. The number of imidazole rings is 1. The van der Waals surface area contributed by atoms with Crippen molar-refractivity contribution in [2.75, 3.05) is 13.7 Å².